The van der Waals surface area contributed by atoms with Gasteiger partial charge in [-0.15, -0.1) is 22.7 Å². The van der Waals surface area contributed by atoms with Gasteiger partial charge in [0.1, 0.15) is 5.82 Å². The van der Waals surface area contributed by atoms with Crippen molar-refractivity contribution in [1.82, 2.24) is 9.97 Å². The molecule has 0 saturated heterocycles. The highest BCUT2D eigenvalue weighted by Crippen LogP contribution is 2.30. The maximum Gasteiger partial charge on any atom is 0.123 e. The van der Waals surface area contributed by atoms with Crippen molar-refractivity contribution in [3.05, 3.63) is 81.3 Å². The van der Waals surface area contributed by atoms with Crippen LogP contribution in [0.5, 0.6) is 0 Å². The first kappa shape index (κ1) is 21.3. The SMILES string of the molecule is CCc1ccc(-c2sc(C)nc2C)cc1.Cc1nc(C)c(-c2cccc(F)c2)s1. The van der Waals surface area contributed by atoms with Crippen LogP contribution in [0.25, 0.3) is 20.9 Å². The van der Waals surface area contributed by atoms with E-state index in [-0.39, 0.29) is 5.82 Å². The van der Waals surface area contributed by atoms with Crippen LogP contribution in [0, 0.1) is 33.5 Å². The lowest BCUT2D eigenvalue weighted by Gasteiger charge is -2.00. The summed E-state index contributed by atoms with van der Waals surface area (Å²) >= 11 is 3.37. The van der Waals surface area contributed by atoms with Crippen LogP contribution < -0.4 is 0 Å². The first-order valence-electron chi connectivity index (χ1n) is 9.60. The Morgan fingerprint density at radius 3 is 1.76 bits per heavy atom. The highest BCUT2D eigenvalue weighted by Gasteiger charge is 2.08. The standard InChI is InChI=1S/C13H15NS.C11H10FNS/c1-4-11-5-7-12(8-6-11)13-9(2)14-10(3)15-13;1-7-11(14-8(2)13-7)9-4-3-5-10(12)6-9/h5-8H,4H2,1-3H3;3-6H,1-2H3. The van der Waals surface area contributed by atoms with Gasteiger partial charge >= 0.3 is 0 Å². The topological polar surface area (TPSA) is 25.8 Å². The summed E-state index contributed by atoms with van der Waals surface area (Å²) in [6.45, 7) is 10.2. The average Bonchev–Trinajstić information content (AvgIpc) is 3.22. The van der Waals surface area contributed by atoms with E-state index in [1.165, 1.54) is 22.1 Å². The molecule has 0 aliphatic rings. The Bertz CT molecular complexity index is 1090. The van der Waals surface area contributed by atoms with Gasteiger partial charge in [-0.05, 0) is 62.9 Å². The first-order chi connectivity index (χ1) is 13.9. The molecule has 0 aliphatic carbocycles. The van der Waals surface area contributed by atoms with Crippen molar-refractivity contribution in [2.75, 3.05) is 0 Å². The molecule has 0 radical (unpaired) electrons. The van der Waals surface area contributed by atoms with E-state index in [1.807, 2.05) is 19.9 Å². The zero-order valence-electron chi connectivity index (χ0n) is 17.4. The molecule has 0 aliphatic heterocycles. The molecular weight excluding hydrogens is 399 g/mol. The number of hydrogen-bond acceptors (Lipinski definition) is 4. The summed E-state index contributed by atoms with van der Waals surface area (Å²) in [5.41, 5.74) is 5.70. The zero-order chi connectivity index (χ0) is 21.0. The lowest BCUT2D eigenvalue weighted by molar-refractivity contribution is 0.628. The summed E-state index contributed by atoms with van der Waals surface area (Å²) in [6.07, 6.45) is 1.10. The molecule has 0 spiro atoms. The lowest BCUT2D eigenvalue weighted by Crippen LogP contribution is -1.81. The number of hydrogen-bond donors (Lipinski definition) is 0. The second-order valence-electron chi connectivity index (χ2n) is 6.86. The minimum Gasteiger partial charge on any atom is -0.246 e. The molecule has 5 heteroatoms. The Labute approximate surface area is 180 Å². The molecule has 4 rings (SSSR count). The van der Waals surface area contributed by atoms with Crippen molar-refractivity contribution in [3.8, 4) is 20.9 Å². The summed E-state index contributed by atoms with van der Waals surface area (Å²) in [6, 6.07) is 15.4. The summed E-state index contributed by atoms with van der Waals surface area (Å²) in [5.74, 6) is -0.201. The maximum absolute atomic E-state index is 13.0. The first-order valence-corrected chi connectivity index (χ1v) is 11.2. The summed E-state index contributed by atoms with van der Waals surface area (Å²) in [5, 5.41) is 2.16. The van der Waals surface area contributed by atoms with E-state index in [1.54, 1.807) is 34.8 Å². The van der Waals surface area contributed by atoms with E-state index in [2.05, 4.69) is 55.0 Å². The molecule has 2 aromatic heterocycles. The molecule has 0 bridgehead atoms. The number of aryl methyl sites for hydroxylation is 5. The van der Waals surface area contributed by atoms with Gasteiger partial charge in [0.2, 0.25) is 0 Å². The van der Waals surface area contributed by atoms with Crippen molar-refractivity contribution in [2.45, 2.75) is 41.0 Å². The quantitative estimate of drug-likeness (QED) is 0.339. The molecule has 2 heterocycles. The molecular formula is C24H25FN2S2. The minimum absolute atomic E-state index is 0.201. The fraction of sp³-hybridized carbons (Fsp3) is 0.250. The monoisotopic (exact) mass is 424 g/mol. The van der Waals surface area contributed by atoms with Crippen LogP contribution in [0.1, 0.15) is 33.9 Å². The van der Waals surface area contributed by atoms with E-state index in [4.69, 9.17) is 0 Å². The highest BCUT2D eigenvalue weighted by molar-refractivity contribution is 7.15. The Hall–Kier alpha value is -2.37. The second kappa shape index (κ2) is 9.42. The van der Waals surface area contributed by atoms with Gasteiger partial charge in [-0.3, -0.25) is 0 Å². The van der Waals surface area contributed by atoms with Gasteiger partial charge in [0.15, 0.2) is 0 Å². The van der Waals surface area contributed by atoms with Crippen molar-refractivity contribution < 1.29 is 4.39 Å². The Kier molecular flexibility index (Phi) is 6.93. The van der Waals surface area contributed by atoms with Gasteiger partial charge in [-0.1, -0.05) is 43.3 Å². The van der Waals surface area contributed by atoms with E-state index >= 15 is 0 Å². The summed E-state index contributed by atoms with van der Waals surface area (Å²) in [4.78, 5) is 11.1. The molecule has 2 nitrogen and oxygen atoms in total. The summed E-state index contributed by atoms with van der Waals surface area (Å²) < 4.78 is 13.0. The third-order valence-electron chi connectivity index (χ3n) is 4.52. The van der Waals surface area contributed by atoms with Crippen LogP contribution in [-0.4, -0.2) is 9.97 Å². The lowest BCUT2D eigenvalue weighted by atomic mass is 10.1. The molecule has 0 unspecified atom stereocenters. The van der Waals surface area contributed by atoms with Crippen molar-refractivity contribution in [2.24, 2.45) is 0 Å². The minimum atomic E-state index is -0.201. The molecule has 2 aromatic carbocycles. The molecule has 0 atom stereocenters. The average molecular weight is 425 g/mol. The summed E-state index contributed by atoms with van der Waals surface area (Å²) in [7, 11) is 0. The Balaban J connectivity index is 0.000000166. The van der Waals surface area contributed by atoms with E-state index in [0.717, 1.165) is 38.3 Å². The normalized spacial score (nSPS) is 10.6. The number of benzene rings is 2. The molecule has 29 heavy (non-hydrogen) atoms. The van der Waals surface area contributed by atoms with Crippen molar-refractivity contribution in [1.29, 1.82) is 0 Å². The molecule has 0 saturated carbocycles. The van der Waals surface area contributed by atoms with E-state index < -0.39 is 0 Å². The third kappa shape index (κ3) is 5.37. The fourth-order valence-corrected chi connectivity index (χ4v) is 4.96. The van der Waals surface area contributed by atoms with Crippen LogP contribution in [-0.2, 0) is 6.42 Å². The third-order valence-corrected chi connectivity index (χ3v) is 6.76. The van der Waals surface area contributed by atoms with Crippen LogP contribution in [0.2, 0.25) is 0 Å². The van der Waals surface area contributed by atoms with Gasteiger partial charge in [-0.2, -0.15) is 0 Å². The fourth-order valence-electron chi connectivity index (χ4n) is 3.12. The molecule has 0 amide bonds. The van der Waals surface area contributed by atoms with E-state index in [9.17, 15) is 4.39 Å². The highest BCUT2D eigenvalue weighted by atomic mass is 32.1. The molecule has 0 N–H and O–H groups in total. The van der Waals surface area contributed by atoms with Crippen LogP contribution >= 0.6 is 22.7 Å². The number of thiazole rings is 2. The van der Waals surface area contributed by atoms with Crippen LogP contribution in [0.15, 0.2) is 48.5 Å². The maximum atomic E-state index is 13.0. The Morgan fingerprint density at radius 2 is 1.31 bits per heavy atom. The predicted octanol–water partition coefficient (Wildman–Crippen LogP) is 7.56. The van der Waals surface area contributed by atoms with Crippen LogP contribution in [0.3, 0.4) is 0 Å². The number of nitrogens with zero attached hydrogens (tertiary/aromatic N) is 2. The van der Waals surface area contributed by atoms with Gasteiger partial charge in [-0.25, -0.2) is 14.4 Å². The molecule has 4 aromatic rings. The van der Waals surface area contributed by atoms with Crippen molar-refractivity contribution in [3.63, 3.8) is 0 Å². The Morgan fingerprint density at radius 1 is 0.759 bits per heavy atom. The second-order valence-corrected chi connectivity index (χ2v) is 9.26. The number of rotatable bonds is 3. The molecule has 150 valence electrons. The van der Waals surface area contributed by atoms with Gasteiger partial charge in [0.05, 0.1) is 31.2 Å². The van der Waals surface area contributed by atoms with E-state index in [0.29, 0.717) is 0 Å². The number of halogens is 1. The van der Waals surface area contributed by atoms with Gasteiger partial charge in [0.25, 0.3) is 0 Å². The largest absolute Gasteiger partial charge is 0.246 e. The van der Waals surface area contributed by atoms with Gasteiger partial charge < -0.3 is 0 Å². The zero-order valence-corrected chi connectivity index (χ0v) is 19.0. The van der Waals surface area contributed by atoms with Crippen molar-refractivity contribution >= 4 is 22.7 Å². The van der Waals surface area contributed by atoms with Crippen LogP contribution in [0.4, 0.5) is 4.39 Å². The predicted molar refractivity (Wildman–Crippen MR) is 123 cm³/mol. The van der Waals surface area contributed by atoms with Gasteiger partial charge in [0, 0.05) is 0 Å². The molecule has 0 fully saturated rings. The smallest absolute Gasteiger partial charge is 0.123 e. The number of aromatic nitrogens is 2.